The van der Waals surface area contributed by atoms with Crippen LogP contribution in [-0.2, 0) is 19.3 Å². The van der Waals surface area contributed by atoms with E-state index in [2.05, 4.69) is 21.5 Å². The number of aliphatic carboxylic acids is 2. The highest BCUT2D eigenvalue weighted by Gasteiger charge is 1.89. The van der Waals surface area contributed by atoms with E-state index in [0.717, 1.165) is 0 Å². The van der Waals surface area contributed by atoms with Gasteiger partial charge in [0.05, 0.1) is 5.48 Å². The van der Waals surface area contributed by atoms with Gasteiger partial charge in [-0.05, 0) is 0 Å². The number of nitrogens with two attached hydrogens (primary N) is 2. The molecule has 0 rings (SSSR count). The molecule has 0 unspecified atom stereocenters. The van der Waals surface area contributed by atoms with Gasteiger partial charge in [0.25, 0.3) is 0 Å². The first-order chi connectivity index (χ1) is 7.01. The van der Waals surface area contributed by atoms with E-state index in [1.54, 1.807) is 0 Å². The lowest BCUT2D eigenvalue weighted by Gasteiger charge is -1.83. The molecule has 0 amide bonds. The molecule has 0 radical (unpaired) electrons. The summed E-state index contributed by atoms with van der Waals surface area (Å²) in [6.45, 7) is -5.53. The van der Waals surface area contributed by atoms with Crippen LogP contribution in [0.1, 0.15) is 5.48 Å². The zero-order chi connectivity index (χ0) is 13.6. The van der Waals surface area contributed by atoms with E-state index in [9.17, 15) is 9.59 Å². The van der Waals surface area contributed by atoms with E-state index < -0.39 is 25.1 Å². The summed E-state index contributed by atoms with van der Waals surface area (Å²) in [5, 5.41) is 15.7. The highest BCUT2D eigenvalue weighted by Crippen LogP contribution is 1.58. The Morgan fingerprint density at radius 2 is 1.38 bits per heavy atom. The van der Waals surface area contributed by atoms with Crippen molar-refractivity contribution in [2.75, 3.05) is 13.1 Å². The standard InChI is InChI=1S/2C2H5NO3.ClH/c2*3-6-1-2(4)5;/h2*1,3H2,(H,4,5);1H/i2*1D2;. The molecule has 80 valence electrons. The second-order valence-corrected chi connectivity index (χ2v) is 1.05. The van der Waals surface area contributed by atoms with Crippen LogP contribution in [0.5, 0.6) is 0 Å². The van der Waals surface area contributed by atoms with Crippen LogP contribution in [0.2, 0.25) is 0 Å². The first-order valence-electron chi connectivity index (χ1n) is 4.24. The lowest BCUT2D eigenvalue weighted by atomic mass is 10.8. The summed E-state index contributed by atoms with van der Waals surface area (Å²) < 4.78 is 25.4. The Kier molecular flexibility index (Phi) is 9.09. The minimum absolute atomic E-state index is 0. The molecule has 0 heterocycles. The molecule has 0 aromatic carbocycles. The molecule has 0 aliphatic heterocycles. The Balaban J connectivity index is -0.000000218. The summed E-state index contributed by atoms with van der Waals surface area (Å²) in [6, 6.07) is 0. The number of carboxylic acids is 2. The number of carbonyl (C=O) groups is 2. The summed E-state index contributed by atoms with van der Waals surface area (Å²) in [7, 11) is 0. The van der Waals surface area contributed by atoms with E-state index in [1.807, 2.05) is 0 Å². The number of halogens is 1. The Morgan fingerprint density at radius 3 is 1.38 bits per heavy atom. The molecule has 0 aromatic rings. The Bertz CT molecular complexity index is 238. The second-order valence-electron chi connectivity index (χ2n) is 1.05. The van der Waals surface area contributed by atoms with Crippen LogP contribution in [0.25, 0.3) is 0 Å². The number of carboxylic acid groups (broad SMARTS) is 2. The van der Waals surface area contributed by atoms with E-state index in [4.69, 9.17) is 15.7 Å². The molecule has 13 heavy (non-hydrogen) atoms. The molecule has 0 spiro atoms. The fourth-order valence-corrected chi connectivity index (χ4v) is 0.101. The fourth-order valence-electron chi connectivity index (χ4n) is 0.101. The molecule has 9 heteroatoms. The molecule has 6 N–H and O–H groups in total. The van der Waals surface area contributed by atoms with E-state index in [0.29, 0.717) is 0 Å². The summed E-state index contributed by atoms with van der Waals surface area (Å²) in [6.07, 6.45) is 0. The van der Waals surface area contributed by atoms with Crippen molar-refractivity contribution in [1.82, 2.24) is 0 Å². The Hall–Kier alpha value is -0.930. The maximum Gasteiger partial charge on any atom is 0.331 e. The molecule has 0 fully saturated rings. The minimum Gasteiger partial charge on any atom is -0.479 e. The van der Waals surface area contributed by atoms with Gasteiger partial charge in [0.15, 0.2) is 13.1 Å². The molecule has 0 saturated carbocycles. The van der Waals surface area contributed by atoms with Crippen molar-refractivity contribution in [1.29, 1.82) is 0 Å². The molecule has 8 nitrogen and oxygen atoms in total. The second kappa shape index (κ2) is 13.6. The van der Waals surface area contributed by atoms with Crippen LogP contribution >= 0.6 is 12.4 Å². The quantitative estimate of drug-likeness (QED) is 0.414. The molecule has 0 aliphatic rings. The number of hydrogen-bond acceptors (Lipinski definition) is 6. The monoisotopic (exact) mass is 222 g/mol. The number of rotatable bonds is 4. The van der Waals surface area contributed by atoms with Crippen LogP contribution < -0.4 is 11.8 Å². The average Bonchev–Trinajstić information content (AvgIpc) is 2.18. The molecule has 0 atom stereocenters. The topological polar surface area (TPSA) is 145 Å². The summed E-state index contributed by atoms with van der Waals surface area (Å²) in [5.41, 5.74) is 0. The fraction of sp³-hybridized carbons (Fsp3) is 0.500. The molecule has 0 aromatic heterocycles. The predicted octanol–water partition coefficient (Wildman–Crippen LogP) is -1.66. The van der Waals surface area contributed by atoms with Crippen LogP contribution in [0.4, 0.5) is 0 Å². The Morgan fingerprint density at radius 1 is 1.15 bits per heavy atom. The van der Waals surface area contributed by atoms with Gasteiger partial charge in [0.1, 0.15) is 0 Å². The van der Waals surface area contributed by atoms with Crippen molar-refractivity contribution in [3.8, 4) is 0 Å². The van der Waals surface area contributed by atoms with E-state index in [1.165, 1.54) is 0 Å². The predicted molar refractivity (Wildman–Crippen MR) is 42.8 cm³/mol. The highest BCUT2D eigenvalue weighted by atomic mass is 35.5. The summed E-state index contributed by atoms with van der Waals surface area (Å²) in [4.78, 5) is 26.2. The van der Waals surface area contributed by atoms with Gasteiger partial charge >= 0.3 is 11.9 Å². The van der Waals surface area contributed by atoms with Gasteiger partial charge in [-0.15, -0.1) is 12.4 Å². The van der Waals surface area contributed by atoms with Crippen LogP contribution in [0.3, 0.4) is 0 Å². The van der Waals surface area contributed by atoms with Crippen molar-refractivity contribution < 1.29 is 35.0 Å². The molecule has 0 saturated heterocycles. The molecular weight excluding hydrogens is 208 g/mol. The lowest BCUT2D eigenvalue weighted by molar-refractivity contribution is -0.143. The third kappa shape index (κ3) is 35.4. The maximum atomic E-state index is 9.67. The van der Waals surface area contributed by atoms with Crippen molar-refractivity contribution in [3.05, 3.63) is 0 Å². The van der Waals surface area contributed by atoms with Gasteiger partial charge in [0, 0.05) is 0 Å². The lowest BCUT2D eigenvalue weighted by Crippen LogP contribution is -2.10. The average molecular weight is 223 g/mol. The van der Waals surface area contributed by atoms with E-state index >= 15 is 0 Å². The van der Waals surface area contributed by atoms with Crippen molar-refractivity contribution in [2.24, 2.45) is 11.8 Å². The first-order valence-corrected chi connectivity index (χ1v) is 2.24. The van der Waals surface area contributed by atoms with Gasteiger partial charge in [0.2, 0.25) is 0 Å². The van der Waals surface area contributed by atoms with Crippen molar-refractivity contribution >= 4 is 24.3 Å². The smallest absolute Gasteiger partial charge is 0.331 e. The van der Waals surface area contributed by atoms with Crippen LogP contribution in [-0.4, -0.2) is 35.3 Å². The largest absolute Gasteiger partial charge is 0.479 e. The first kappa shape index (κ1) is 8.66. The molecule has 0 bridgehead atoms. The maximum absolute atomic E-state index is 9.67. The molecular formula is C4H11ClN2O6. The van der Waals surface area contributed by atoms with Crippen LogP contribution in [0, 0.1) is 0 Å². The van der Waals surface area contributed by atoms with E-state index in [-0.39, 0.29) is 12.4 Å². The summed E-state index contributed by atoms with van der Waals surface area (Å²) in [5.74, 6) is 5.03. The highest BCUT2D eigenvalue weighted by molar-refractivity contribution is 5.85. The normalized spacial score (nSPS) is 14.3. The zero-order valence-electron chi connectivity index (χ0n) is 10.1. The van der Waals surface area contributed by atoms with Gasteiger partial charge in [-0.1, -0.05) is 0 Å². The van der Waals surface area contributed by atoms with Gasteiger partial charge in [-0.3, -0.25) is 9.68 Å². The third-order valence-corrected chi connectivity index (χ3v) is 0.292. The van der Waals surface area contributed by atoms with Gasteiger partial charge in [-0.2, -0.15) is 0 Å². The summed E-state index contributed by atoms with van der Waals surface area (Å²) >= 11 is 0. The van der Waals surface area contributed by atoms with Gasteiger partial charge < -0.3 is 10.2 Å². The van der Waals surface area contributed by atoms with Gasteiger partial charge in [-0.25, -0.2) is 21.4 Å². The third-order valence-electron chi connectivity index (χ3n) is 0.292. The Labute approximate surface area is 85.3 Å². The van der Waals surface area contributed by atoms with Crippen molar-refractivity contribution in [2.45, 2.75) is 0 Å². The van der Waals surface area contributed by atoms with Crippen molar-refractivity contribution in [3.63, 3.8) is 0 Å². The van der Waals surface area contributed by atoms with Crippen LogP contribution in [0.15, 0.2) is 0 Å². The minimum atomic E-state index is -2.76. The zero-order valence-corrected chi connectivity index (χ0v) is 6.91. The molecule has 0 aliphatic carbocycles. The SMILES string of the molecule is Cl.[2H]C([2H])(ON)C(=O)O.[2H]C([2H])(ON)C(=O)O. The number of hydrogen-bond donors (Lipinski definition) is 4.